The zero-order valence-corrected chi connectivity index (χ0v) is 11.6. The molecule has 0 amide bonds. The first-order chi connectivity index (χ1) is 9.03. The molecule has 0 fully saturated rings. The topological polar surface area (TPSA) is 70.4 Å². The lowest BCUT2D eigenvalue weighted by Gasteiger charge is -2.09. The average Bonchev–Trinajstić information content (AvgIpc) is 2.40. The van der Waals surface area contributed by atoms with Crippen LogP contribution in [0.15, 0.2) is 22.5 Å². The molecule has 0 radical (unpaired) electrons. The van der Waals surface area contributed by atoms with Crippen LogP contribution in [0, 0.1) is 6.92 Å². The van der Waals surface area contributed by atoms with Crippen LogP contribution in [0.1, 0.15) is 19.0 Å². The van der Waals surface area contributed by atoms with E-state index in [0.717, 1.165) is 0 Å². The van der Waals surface area contributed by atoms with E-state index >= 15 is 0 Å². The summed E-state index contributed by atoms with van der Waals surface area (Å²) >= 11 is 0. The van der Waals surface area contributed by atoms with Gasteiger partial charge in [-0.15, -0.1) is 0 Å². The highest BCUT2D eigenvalue weighted by Crippen LogP contribution is 2.08. The molecule has 0 saturated carbocycles. The molecule has 6 heteroatoms. The molecule has 0 bridgehead atoms. The van der Waals surface area contributed by atoms with E-state index in [0.29, 0.717) is 17.7 Å². The lowest BCUT2D eigenvalue weighted by molar-refractivity contribution is -0.136. The molecule has 0 aromatic carbocycles. The van der Waals surface area contributed by atoms with Crippen molar-refractivity contribution < 1.29 is 14.3 Å². The highest BCUT2D eigenvalue weighted by Gasteiger charge is 2.09. The van der Waals surface area contributed by atoms with Crippen LogP contribution < -0.4 is 10.3 Å². The Labute approximate surface area is 111 Å². The van der Waals surface area contributed by atoms with Crippen molar-refractivity contribution in [2.45, 2.75) is 26.8 Å². The summed E-state index contributed by atoms with van der Waals surface area (Å²) in [5.74, 6) is -0.394. The van der Waals surface area contributed by atoms with Crippen LogP contribution in [-0.2, 0) is 16.1 Å². The number of hydrogen-bond donors (Lipinski definition) is 0. The predicted molar refractivity (Wildman–Crippen MR) is 70.2 cm³/mol. The van der Waals surface area contributed by atoms with Gasteiger partial charge in [0.1, 0.15) is 0 Å². The van der Waals surface area contributed by atoms with Gasteiger partial charge in [0, 0.05) is 23.9 Å². The summed E-state index contributed by atoms with van der Waals surface area (Å²) < 4.78 is 11.1. The fraction of sp³-hybridized carbons (Fsp3) is 0.462. The summed E-state index contributed by atoms with van der Waals surface area (Å²) in [5.41, 5.74) is 0.878. The molecule has 0 spiro atoms. The minimum absolute atomic E-state index is 0.216. The number of allylic oxidation sites excluding steroid dienone is 1. The highest BCUT2D eigenvalue weighted by molar-refractivity contribution is 5.88. The van der Waals surface area contributed by atoms with Gasteiger partial charge in [0.15, 0.2) is 0 Å². The number of hydrogen-bond acceptors (Lipinski definition) is 5. The van der Waals surface area contributed by atoms with E-state index in [-0.39, 0.29) is 18.1 Å². The average molecular weight is 266 g/mol. The molecule has 19 heavy (non-hydrogen) atoms. The van der Waals surface area contributed by atoms with Crippen LogP contribution in [0.5, 0.6) is 6.01 Å². The molecular weight excluding hydrogens is 248 g/mol. The minimum Gasteiger partial charge on any atom is -0.468 e. The Morgan fingerprint density at radius 1 is 1.47 bits per heavy atom. The summed E-state index contributed by atoms with van der Waals surface area (Å²) in [6.07, 6.45) is 2.18. The van der Waals surface area contributed by atoms with Crippen LogP contribution in [0.4, 0.5) is 0 Å². The monoisotopic (exact) mass is 266 g/mol. The number of carbonyl (C=O) groups is 1. The van der Waals surface area contributed by atoms with Crippen LogP contribution in [-0.4, -0.2) is 29.7 Å². The Morgan fingerprint density at radius 3 is 2.68 bits per heavy atom. The number of rotatable bonds is 5. The zero-order valence-electron chi connectivity index (χ0n) is 11.6. The van der Waals surface area contributed by atoms with E-state index in [9.17, 15) is 9.59 Å². The van der Waals surface area contributed by atoms with Crippen molar-refractivity contribution in [3.05, 3.63) is 33.8 Å². The molecular formula is C13H18N2O4. The van der Waals surface area contributed by atoms with E-state index in [1.807, 2.05) is 6.92 Å². The van der Waals surface area contributed by atoms with E-state index in [2.05, 4.69) is 9.72 Å². The first-order valence-corrected chi connectivity index (χ1v) is 5.93. The smallest absolute Gasteiger partial charge is 0.333 e. The van der Waals surface area contributed by atoms with E-state index < -0.39 is 5.97 Å². The van der Waals surface area contributed by atoms with Gasteiger partial charge in [0.2, 0.25) is 0 Å². The van der Waals surface area contributed by atoms with Gasteiger partial charge in [-0.25, -0.2) is 9.78 Å². The molecule has 0 aliphatic carbocycles. The minimum atomic E-state index is -0.394. The van der Waals surface area contributed by atoms with Crippen molar-refractivity contribution in [2.75, 3.05) is 14.2 Å². The third-order valence-electron chi connectivity index (χ3n) is 2.63. The van der Waals surface area contributed by atoms with Crippen molar-refractivity contribution >= 4 is 5.97 Å². The Bertz CT molecular complexity index is 546. The van der Waals surface area contributed by atoms with Gasteiger partial charge in [-0.05, 0) is 13.3 Å². The Morgan fingerprint density at radius 2 is 2.16 bits per heavy atom. The van der Waals surface area contributed by atoms with Gasteiger partial charge >= 0.3 is 5.97 Å². The Balaban J connectivity index is 3.09. The number of methoxy groups -OCH3 is 2. The third kappa shape index (κ3) is 3.67. The summed E-state index contributed by atoms with van der Waals surface area (Å²) in [7, 11) is 2.77. The maximum Gasteiger partial charge on any atom is 0.333 e. The zero-order chi connectivity index (χ0) is 14.4. The molecule has 104 valence electrons. The summed E-state index contributed by atoms with van der Waals surface area (Å²) in [6.45, 7) is 3.78. The fourth-order valence-electron chi connectivity index (χ4n) is 1.62. The standard InChI is InChI=1S/C13H18N2O4/c1-5-10(12(17)18-3)6-7-15-11(16)8-9(2)14-13(15)19-4/h6,8H,5,7H2,1-4H3. The van der Waals surface area contributed by atoms with Crippen LogP contribution in [0.2, 0.25) is 0 Å². The van der Waals surface area contributed by atoms with Gasteiger partial charge < -0.3 is 9.47 Å². The molecule has 0 aliphatic rings. The number of carbonyl (C=O) groups excluding carboxylic acids is 1. The predicted octanol–water partition coefficient (Wildman–Crippen LogP) is 1.07. The van der Waals surface area contributed by atoms with E-state index in [1.165, 1.54) is 24.9 Å². The lowest BCUT2D eigenvalue weighted by Crippen LogP contribution is -2.22. The molecule has 0 aliphatic heterocycles. The number of ether oxygens (including phenoxy) is 2. The fourth-order valence-corrected chi connectivity index (χ4v) is 1.62. The van der Waals surface area contributed by atoms with Crippen molar-refractivity contribution in [1.82, 2.24) is 9.55 Å². The van der Waals surface area contributed by atoms with E-state index in [4.69, 9.17) is 4.74 Å². The molecule has 0 unspecified atom stereocenters. The first-order valence-electron chi connectivity index (χ1n) is 5.93. The number of aryl methyl sites for hydroxylation is 1. The van der Waals surface area contributed by atoms with Crippen LogP contribution in [0.25, 0.3) is 0 Å². The molecule has 1 aromatic rings. The van der Waals surface area contributed by atoms with Crippen LogP contribution >= 0.6 is 0 Å². The largest absolute Gasteiger partial charge is 0.468 e. The molecule has 1 aromatic heterocycles. The van der Waals surface area contributed by atoms with Crippen molar-refractivity contribution in [1.29, 1.82) is 0 Å². The van der Waals surface area contributed by atoms with Gasteiger partial charge in [0.25, 0.3) is 11.6 Å². The van der Waals surface area contributed by atoms with Crippen LogP contribution in [0.3, 0.4) is 0 Å². The quantitative estimate of drug-likeness (QED) is 0.589. The first kappa shape index (κ1) is 14.9. The van der Waals surface area contributed by atoms with Crippen molar-refractivity contribution in [2.24, 2.45) is 0 Å². The second-order valence-corrected chi connectivity index (χ2v) is 3.91. The van der Waals surface area contributed by atoms with Gasteiger partial charge in [0.05, 0.1) is 14.2 Å². The van der Waals surface area contributed by atoms with Gasteiger partial charge in [-0.3, -0.25) is 9.36 Å². The van der Waals surface area contributed by atoms with E-state index in [1.54, 1.807) is 13.0 Å². The maximum atomic E-state index is 11.9. The highest BCUT2D eigenvalue weighted by atomic mass is 16.5. The normalized spacial score (nSPS) is 11.3. The summed E-state index contributed by atoms with van der Waals surface area (Å²) in [5, 5.41) is 0. The van der Waals surface area contributed by atoms with Gasteiger partial charge in [-0.2, -0.15) is 0 Å². The summed E-state index contributed by atoms with van der Waals surface area (Å²) in [4.78, 5) is 27.4. The molecule has 0 saturated heterocycles. The Kier molecular flexibility index (Phi) is 5.29. The molecule has 6 nitrogen and oxygen atoms in total. The van der Waals surface area contributed by atoms with Crippen molar-refractivity contribution in [3.8, 4) is 6.01 Å². The molecule has 1 heterocycles. The van der Waals surface area contributed by atoms with Crippen molar-refractivity contribution in [3.63, 3.8) is 0 Å². The summed E-state index contributed by atoms with van der Waals surface area (Å²) in [6, 6.07) is 1.64. The number of nitrogens with zero attached hydrogens (tertiary/aromatic N) is 2. The second-order valence-electron chi connectivity index (χ2n) is 3.91. The Hall–Kier alpha value is -2.11. The molecule has 0 atom stereocenters. The molecule has 1 rings (SSSR count). The van der Waals surface area contributed by atoms with Gasteiger partial charge in [-0.1, -0.05) is 13.0 Å². The number of aromatic nitrogens is 2. The lowest BCUT2D eigenvalue weighted by atomic mass is 10.2. The maximum absolute atomic E-state index is 11.9. The SMILES string of the molecule is CCC(=CCn1c(OC)nc(C)cc1=O)C(=O)OC. The second kappa shape index (κ2) is 6.72. The number of esters is 1. The molecule has 0 N–H and O–H groups in total. The third-order valence-corrected chi connectivity index (χ3v) is 2.63.